The Balaban J connectivity index is 1.15. The zero-order valence-electron chi connectivity index (χ0n) is 36.1. The van der Waals surface area contributed by atoms with Crippen molar-refractivity contribution < 1.29 is 25.2 Å². The van der Waals surface area contributed by atoms with Crippen LogP contribution in [0.3, 0.4) is 0 Å². The number of aliphatic hydroxyl groups is 4. The Morgan fingerprint density at radius 2 is 1.73 bits per heavy atom. The summed E-state index contributed by atoms with van der Waals surface area (Å²) in [5.41, 5.74) is 16.4. The fraction of sp³-hybridized carbons (Fsp3) is 0.771. The highest BCUT2D eigenvalue weighted by atomic mass is 33.1. The maximum atomic E-state index is 14.5. The van der Waals surface area contributed by atoms with Crippen LogP contribution in [0.15, 0.2) is 57.7 Å². The van der Waals surface area contributed by atoms with Crippen molar-refractivity contribution in [1.82, 2.24) is 9.55 Å². The van der Waals surface area contributed by atoms with Crippen LogP contribution in [-0.4, -0.2) is 83.7 Å². The van der Waals surface area contributed by atoms with Crippen molar-refractivity contribution in [3.05, 3.63) is 52.7 Å². The van der Waals surface area contributed by atoms with Gasteiger partial charge in [-0.3, -0.25) is 9.79 Å². The minimum atomic E-state index is -1.33. The Kier molecular flexibility index (Phi) is 10.5. The third kappa shape index (κ3) is 6.12. The van der Waals surface area contributed by atoms with Gasteiger partial charge in [0.1, 0.15) is 0 Å². The fourth-order valence-electron chi connectivity index (χ4n) is 16.5. The van der Waals surface area contributed by atoms with Crippen LogP contribution in [0.25, 0.3) is 0 Å². The van der Waals surface area contributed by atoms with Crippen LogP contribution in [0.1, 0.15) is 117 Å². The van der Waals surface area contributed by atoms with E-state index in [0.29, 0.717) is 30.6 Å². The molecule has 0 aromatic carbocycles. The van der Waals surface area contributed by atoms with Gasteiger partial charge in [-0.05, 0) is 129 Å². The number of fused-ring (bicyclic) bond motifs is 13. The quantitative estimate of drug-likeness (QED) is 0.0824. The topological polar surface area (TPSA) is 180 Å². The molecule has 6 fully saturated rings. The summed E-state index contributed by atoms with van der Waals surface area (Å²) in [6, 6.07) is 0.204. The van der Waals surface area contributed by atoms with E-state index in [-0.39, 0.29) is 71.5 Å². The molecule has 1 aromatic rings. The van der Waals surface area contributed by atoms with Crippen LogP contribution >= 0.6 is 21.6 Å². The van der Waals surface area contributed by atoms with Crippen molar-refractivity contribution in [1.29, 1.82) is 0 Å². The lowest BCUT2D eigenvalue weighted by Crippen LogP contribution is -2.65. The normalized spacial score (nSPS) is 47.2. The smallest absolute Gasteiger partial charge is 0.185 e. The highest BCUT2D eigenvalue weighted by Gasteiger charge is 2.73. The van der Waals surface area contributed by atoms with Crippen molar-refractivity contribution in [3.8, 4) is 0 Å². The van der Waals surface area contributed by atoms with E-state index in [9.17, 15) is 25.2 Å². The molecule has 0 spiro atoms. The van der Waals surface area contributed by atoms with Crippen molar-refractivity contribution in [2.75, 3.05) is 18.1 Å². The number of aromatic nitrogens is 2. The number of carbonyl (C=O) groups is 1. The van der Waals surface area contributed by atoms with Gasteiger partial charge in [-0.25, -0.2) is 4.98 Å². The predicted octanol–water partition coefficient (Wildman–Crippen LogP) is 6.76. The lowest BCUT2D eigenvalue weighted by molar-refractivity contribution is -0.171. The highest BCUT2D eigenvalue weighted by molar-refractivity contribution is 8.76. The summed E-state index contributed by atoms with van der Waals surface area (Å²) in [5.74, 6) is 1.43. The molecule has 60 heavy (non-hydrogen) atoms. The van der Waals surface area contributed by atoms with Crippen LogP contribution in [0.2, 0.25) is 0 Å². The van der Waals surface area contributed by atoms with Gasteiger partial charge in [0.25, 0.3) is 0 Å². The summed E-state index contributed by atoms with van der Waals surface area (Å²) in [6.07, 6.45) is 17.3. The average molecular weight is 860 g/mol. The first-order valence-electron chi connectivity index (χ1n) is 23.3. The summed E-state index contributed by atoms with van der Waals surface area (Å²) in [6.45, 7) is 9.68. The van der Waals surface area contributed by atoms with Crippen LogP contribution < -0.4 is 11.5 Å². The number of ketones is 1. The molecule has 12 heteroatoms. The van der Waals surface area contributed by atoms with E-state index < -0.39 is 40.7 Å². The molecule has 1 saturated heterocycles. The molecule has 4 bridgehead atoms. The van der Waals surface area contributed by atoms with Gasteiger partial charge >= 0.3 is 0 Å². The molecule has 9 aliphatic rings. The molecule has 0 amide bonds. The predicted molar refractivity (Wildman–Crippen MR) is 238 cm³/mol. The summed E-state index contributed by atoms with van der Waals surface area (Å²) in [5, 5.41) is 49.9. The van der Waals surface area contributed by atoms with E-state index in [2.05, 4.69) is 48.4 Å². The number of rotatable bonds is 3. The van der Waals surface area contributed by atoms with Crippen molar-refractivity contribution in [3.63, 3.8) is 0 Å². The fourth-order valence-corrected chi connectivity index (χ4v) is 19.3. The summed E-state index contributed by atoms with van der Waals surface area (Å²) in [7, 11) is 3.74. The second-order valence-corrected chi connectivity index (χ2v) is 24.6. The Morgan fingerprint density at radius 3 is 2.50 bits per heavy atom. The number of nitrogens with zero attached hydrogens (tertiary/aromatic N) is 3. The minimum absolute atomic E-state index is 0.00283. The van der Waals surface area contributed by atoms with Crippen LogP contribution in [0.5, 0.6) is 0 Å². The van der Waals surface area contributed by atoms with Gasteiger partial charge in [-0.1, -0.05) is 78.0 Å². The maximum Gasteiger partial charge on any atom is 0.185 e. The first-order chi connectivity index (χ1) is 28.6. The average Bonchev–Trinajstić information content (AvgIpc) is 3.82. The zero-order chi connectivity index (χ0) is 42.1. The van der Waals surface area contributed by atoms with Gasteiger partial charge in [0.15, 0.2) is 11.7 Å². The number of carbonyl (C=O) groups excluding carboxylic acids is 1. The number of aliphatic imine (C=N–C) groups is 1. The summed E-state index contributed by atoms with van der Waals surface area (Å²) in [4.78, 5) is 23.7. The van der Waals surface area contributed by atoms with Crippen molar-refractivity contribution in [2.24, 2.45) is 86.0 Å². The molecule has 10 rings (SSSR count). The zero-order valence-corrected chi connectivity index (χ0v) is 37.8. The molecular weight excluding hydrogens is 791 g/mol. The monoisotopic (exact) mass is 859 g/mol. The van der Waals surface area contributed by atoms with E-state index in [1.54, 1.807) is 22.8 Å². The SMILES string of the molecule is CC1(C)C[C@@H](n2ccnc2)CSSC[C@H]2C[C@H]([C@@H]3C[C@@H]4CCCC5=C4[C@H](C1=C1CCCC[C@@H]51)[C@H]3O)[C@@]1(C)C[C@H](CN=C(N)N)[C@H]3C(=CC(=O)[C@@H]4C[C@@H](O)[C@@H](O)C[C@]34C)[C@]21O. The first-order valence-corrected chi connectivity index (χ1v) is 25.8. The lowest BCUT2D eigenvalue weighted by Gasteiger charge is -2.64. The number of guanidine groups is 1. The molecule has 0 radical (unpaired) electrons. The Labute approximate surface area is 364 Å². The van der Waals surface area contributed by atoms with Crippen molar-refractivity contribution in [2.45, 2.75) is 141 Å². The summed E-state index contributed by atoms with van der Waals surface area (Å²) < 4.78 is 2.30. The maximum absolute atomic E-state index is 14.5. The van der Waals surface area contributed by atoms with Crippen molar-refractivity contribution >= 4 is 33.3 Å². The largest absolute Gasteiger partial charge is 0.392 e. The molecular formula is C48H69N5O5S2. The number of hydrogen-bond donors (Lipinski definition) is 6. The first kappa shape index (κ1) is 41.9. The number of imidazole rings is 1. The van der Waals surface area contributed by atoms with E-state index in [1.165, 1.54) is 31.3 Å². The van der Waals surface area contributed by atoms with Crippen LogP contribution in [0.4, 0.5) is 0 Å². The molecule has 1 aromatic heterocycles. The number of nitrogens with two attached hydrogens (primary N) is 2. The molecule has 328 valence electrons. The third-order valence-corrected chi connectivity index (χ3v) is 21.2. The second-order valence-electron chi connectivity index (χ2n) is 22.1. The lowest BCUT2D eigenvalue weighted by atomic mass is 9.42. The van der Waals surface area contributed by atoms with Gasteiger partial charge < -0.3 is 36.5 Å². The van der Waals surface area contributed by atoms with Gasteiger partial charge in [-0.2, -0.15) is 0 Å². The number of aliphatic hydroxyl groups excluding tert-OH is 3. The van der Waals surface area contributed by atoms with Gasteiger partial charge in [0, 0.05) is 65.6 Å². The Hall–Kier alpha value is -2.09. The summed E-state index contributed by atoms with van der Waals surface area (Å²) >= 11 is 0. The molecule has 16 atom stereocenters. The molecule has 10 nitrogen and oxygen atoms in total. The minimum Gasteiger partial charge on any atom is -0.392 e. The second kappa shape index (κ2) is 15.0. The molecule has 8 N–H and O–H groups in total. The standard InChI is InChI=1S/C48H69N5O5S2/c1-45(2)19-28(53-13-12-51-24-53)23-60-59-22-27-15-33(32-14-25-8-7-11-30-29-9-5-6-10-31(29)42(45)40(39(25)30)43(32)57)47(4)18-26(21-52-44(49)50)41-35(48(27,47)58)17-36(54)34-16-37(55)38(56)20-46(34,41)3/h12-13,17,24-29,32-34,37-38,40-41,43,55-58H,5-11,14-16,18-23H2,1-4H3,(H4,49,50,52)/t25-,26+,27+,28+,29-,32-,33+,34-,37+,38-,40+,41-,43-,46-,47+,48+/m0/s1. The van der Waals surface area contributed by atoms with Gasteiger partial charge in [0.05, 0.1) is 30.2 Å². The molecule has 1 aliphatic heterocycles. The number of allylic oxidation sites excluding steroid dienone is 3. The Morgan fingerprint density at radius 1 is 0.950 bits per heavy atom. The molecule has 0 unspecified atom stereocenters. The van der Waals surface area contributed by atoms with Gasteiger partial charge in [0.2, 0.25) is 0 Å². The molecule has 2 heterocycles. The van der Waals surface area contributed by atoms with Crippen LogP contribution in [-0.2, 0) is 4.79 Å². The third-order valence-electron chi connectivity index (χ3n) is 18.7. The van der Waals surface area contributed by atoms with E-state index >= 15 is 0 Å². The van der Waals surface area contributed by atoms with Gasteiger partial charge in [-0.15, -0.1) is 0 Å². The van der Waals surface area contributed by atoms with E-state index in [4.69, 9.17) is 11.5 Å². The Bertz CT molecular complexity index is 2010. The van der Waals surface area contributed by atoms with E-state index in [0.717, 1.165) is 49.9 Å². The molecule has 5 saturated carbocycles. The number of hydrogen-bond acceptors (Lipinski definition) is 9. The van der Waals surface area contributed by atoms with E-state index in [1.807, 2.05) is 34.1 Å². The molecule has 8 aliphatic carbocycles. The highest BCUT2D eigenvalue weighted by Crippen LogP contribution is 2.73. The van der Waals surface area contributed by atoms with Crippen LogP contribution in [0, 0.1) is 69.5 Å².